The van der Waals surface area contributed by atoms with Crippen molar-refractivity contribution < 1.29 is 9.59 Å². The predicted octanol–water partition coefficient (Wildman–Crippen LogP) is 3.34. The number of nitrogens with zero attached hydrogens (tertiary/aromatic N) is 2. The van der Waals surface area contributed by atoms with Gasteiger partial charge in [0.15, 0.2) is 0 Å². The third kappa shape index (κ3) is 5.05. The van der Waals surface area contributed by atoms with E-state index in [9.17, 15) is 9.59 Å². The zero-order chi connectivity index (χ0) is 18.4. The summed E-state index contributed by atoms with van der Waals surface area (Å²) in [6.45, 7) is 1.63. The highest BCUT2D eigenvalue weighted by Gasteiger charge is 2.13. The average molecular weight is 375 g/mol. The summed E-state index contributed by atoms with van der Waals surface area (Å²) in [5.74, 6) is -1.82. The Balaban J connectivity index is 2.00. The first kappa shape index (κ1) is 18.5. The molecule has 2 rings (SSSR count). The second-order valence-corrected chi connectivity index (χ2v) is 5.75. The van der Waals surface area contributed by atoms with Gasteiger partial charge in [-0.1, -0.05) is 29.3 Å². The molecule has 126 valence electrons. The molecule has 0 aromatic heterocycles. The van der Waals surface area contributed by atoms with Gasteiger partial charge in [0.2, 0.25) is 0 Å². The lowest BCUT2D eigenvalue weighted by Crippen LogP contribution is -2.32. The normalized spacial score (nSPS) is 10.7. The maximum atomic E-state index is 11.8. The van der Waals surface area contributed by atoms with Crippen molar-refractivity contribution in [2.75, 3.05) is 5.32 Å². The minimum Gasteiger partial charge on any atom is -0.318 e. The van der Waals surface area contributed by atoms with Gasteiger partial charge in [-0.2, -0.15) is 10.4 Å². The maximum absolute atomic E-state index is 11.8. The van der Waals surface area contributed by atoms with Gasteiger partial charge in [-0.15, -0.1) is 0 Å². The van der Waals surface area contributed by atoms with Crippen molar-refractivity contribution in [1.82, 2.24) is 5.43 Å². The molecule has 6 nitrogen and oxygen atoms in total. The fraction of sp³-hybridized carbons (Fsp3) is 0.0588. The van der Waals surface area contributed by atoms with E-state index in [2.05, 4.69) is 15.8 Å². The van der Waals surface area contributed by atoms with Gasteiger partial charge in [0, 0.05) is 16.3 Å². The van der Waals surface area contributed by atoms with Crippen LogP contribution < -0.4 is 10.7 Å². The molecule has 0 bridgehead atoms. The number of amides is 2. The summed E-state index contributed by atoms with van der Waals surface area (Å²) < 4.78 is 0. The lowest BCUT2D eigenvalue weighted by Gasteiger charge is -2.06. The summed E-state index contributed by atoms with van der Waals surface area (Å²) >= 11 is 11.9. The van der Waals surface area contributed by atoms with Crippen LogP contribution in [-0.4, -0.2) is 17.5 Å². The molecule has 2 aromatic rings. The zero-order valence-corrected chi connectivity index (χ0v) is 14.5. The third-order valence-corrected chi connectivity index (χ3v) is 3.67. The standard InChI is InChI=1S/C17H12Cl2N4O2/c1-10(14-7-4-12(18)8-15(14)19)22-23-17(25)16(24)21-13-5-2-11(9-20)3-6-13/h2-8H,1H3,(H,21,24)(H,23,25)/b22-10+. The van der Waals surface area contributed by atoms with Crippen LogP contribution in [0.5, 0.6) is 0 Å². The molecule has 2 N–H and O–H groups in total. The first-order valence-corrected chi connectivity index (χ1v) is 7.77. The number of nitrogens with one attached hydrogen (secondary N) is 2. The first-order chi connectivity index (χ1) is 11.9. The van der Waals surface area contributed by atoms with Crippen LogP contribution in [0.3, 0.4) is 0 Å². The predicted molar refractivity (Wildman–Crippen MR) is 96.6 cm³/mol. The average Bonchev–Trinajstić information content (AvgIpc) is 2.60. The number of hydrogen-bond acceptors (Lipinski definition) is 4. The Morgan fingerprint density at radius 3 is 2.36 bits per heavy atom. The van der Waals surface area contributed by atoms with E-state index in [4.69, 9.17) is 28.5 Å². The van der Waals surface area contributed by atoms with Crippen LogP contribution in [0.4, 0.5) is 5.69 Å². The highest BCUT2D eigenvalue weighted by molar-refractivity contribution is 6.40. The molecule has 0 atom stereocenters. The van der Waals surface area contributed by atoms with Crippen LogP contribution in [0, 0.1) is 11.3 Å². The Morgan fingerprint density at radius 1 is 1.08 bits per heavy atom. The highest BCUT2D eigenvalue weighted by Crippen LogP contribution is 2.21. The van der Waals surface area contributed by atoms with Gasteiger partial charge in [-0.3, -0.25) is 9.59 Å². The molecule has 0 heterocycles. The molecule has 0 radical (unpaired) electrons. The maximum Gasteiger partial charge on any atom is 0.329 e. The van der Waals surface area contributed by atoms with Crippen LogP contribution >= 0.6 is 23.2 Å². The molecule has 0 saturated carbocycles. The van der Waals surface area contributed by atoms with E-state index in [1.165, 1.54) is 24.3 Å². The molecule has 0 saturated heterocycles. The van der Waals surface area contributed by atoms with Crippen molar-refractivity contribution in [3.63, 3.8) is 0 Å². The molecule has 0 spiro atoms. The van der Waals surface area contributed by atoms with Crippen molar-refractivity contribution in [2.24, 2.45) is 5.10 Å². The van der Waals surface area contributed by atoms with E-state index in [0.717, 1.165) is 0 Å². The van der Waals surface area contributed by atoms with E-state index < -0.39 is 11.8 Å². The first-order valence-electron chi connectivity index (χ1n) is 7.02. The van der Waals surface area contributed by atoms with Crippen LogP contribution in [-0.2, 0) is 9.59 Å². The SMILES string of the molecule is C/C(=N\NC(=O)C(=O)Nc1ccc(C#N)cc1)c1ccc(Cl)cc1Cl. The number of halogens is 2. The summed E-state index contributed by atoms with van der Waals surface area (Å²) in [5, 5.41) is 15.8. The van der Waals surface area contributed by atoms with Gasteiger partial charge in [-0.05, 0) is 43.3 Å². The van der Waals surface area contributed by atoms with Crippen molar-refractivity contribution in [2.45, 2.75) is 6.92 Å². The Hall–Kier alpha value is -2.88. The van der Waals surface area contributed by atoms with E-state index in [1.807, 2.05) is 6.07 Å². The van der Waals surface area contributed by atoms with Crippen molar-refractivity contribution >= 4 is 46.4 Å². The monoisotopic (exact) mass is 374 g/mol. The van der Waals surface area contributed by atoms with Crippen molar-refractivity contribution in [1.29, 1.82) is 5.26 Å². The number of rotatable bonds is 3. The minimum absolute atomic E-state index is 0.380. The summed E-state index contributed by atoms with van der Waals surface area (Å²) in [4.78, 5) is 23.6. The number of hydrazone groups is 1. The molecular weight excluding hydrogens is 363 g/mol. The van der Waals surface area contributed by atoms with Crippen molar-refractivity contribution in [3.8, 4) is 6.07 Å². The lowest BCUT2D eigenvalue weighted by atomic mass is 10.1. The van der Waals surface area contributed by atoms with Gasteiger partial charge in [0.05, 0.1) is 22.4 Å². The molecule has 2 aromatic carbocycles. The van der Waals surface area contributed by atoms with Gasteiger partial charge >= 0.3 is 11.8 Å². The molecular formula is C17H12Cl2N4O2. The second kappa shape index (κ2) is 8.29. The molecule has 8 heteroatoms. The van der Waals surface area contributed by atoms with Crippen LogP contribution in [0.2, 0.25) is 10.0 Å². The number of anilines is 1. The molecule has 2 amide bonds. The van der Waals surface area contributed by atoms with E-state index in [-0.39, 0.29) is 0 Å². The number of nitriles is 1. The molecule has 0 unspecified atom stereocenters. The van der Waals surface area contributed by atoms with Crippen LogP contribution in [0.1, 0.15) is 18.1 Å². The summed E-state index contributed by atoms with van der Waals surface area (Å²) in [6, 6.07) is 12.9. The second-order valence-electron chi connectivity index (χ2n) is 4.91. The van der Waals surface area contributed by atoms with Crippen LogP contribution in [0.15, 0.2) is 47.6 Å². The Bertz CT molecular complexity index is 887. The zero-order valence-electron chi connectivity index (χ0n) is 13.0. The lowest BCUT2D eigenvalue weighted by molar-refractivity contribution is -0.136. The number of hydrogen-bond donors (Lipinski definition) is 2. The van der Waals surface area contributed by atoms with E-state index in [0.29, 0.717) is 32.6 Å². The molecule has 25 heavy (non-hydrogen) atoms. The Labute approximate surface area is 154 Å². The summed E-state index contributed by atoms with van der Waals surface area (Å²) in [6.07, 6.45) is 0. The molecule has 0 aliphatic heterocycles. The fourth-order valence-corrected chi connectivity index (χ4v) is 2.39. The minimum atomic E-state index is -0.936. The van der Waals surface area contributed by atoms with Gasteiger partial charge in [-0.25, -0.2) is 5.43 Å². The number of carbonyl (C=O) groups excluding carboxylic acids is 2. The number of carbonyl (C=O) groups is 2. The largest absolute Gasteiger partial charge is 0.329 e. The van der Waals surface area contributed by atoms with Gasteiger partial charge < -0.3 is 5.32 Å². The van der Waals surface area contributed by atoms with Gasteiger partial charge in [0.25, 0.3) is 0 Å². The molecule has 0 aliphatic carbocycles. The Kier molecular flexibility index (Phi) is 6.12. The number of benzene rings is 2. The quantitative estimate of drug-likeness (QED) is 0.489. The summed E-state index contributed by atoms with van der Waals surface area (Å²) in [7, 11) is 0. The van der Waals surface area contributed by atoms with Crippen LogP contribution in [0.25, 0.3) is 0 Å². The molecule has 0 fully saturated rings. The van der Waals surface area contributed by atoms with E-state index in [1.54, 1.807) is 25.1 Å². The summed E-state index contributed by atoms with van der Waals surface area (Å²) in [5.41, 5.74) is 3.99. The smallest absolute Gasteiger partial charge is 0.318 e. The Morgan fingerprint density at radius 2 is 1.76 bits per heavy atom. The van der Waals surface area contributed by atoms with E-state index >= 15 is 0 Å². The highest BCUT2D eigenvalue weighted by atomic mass is 35.5. The van der Waals surface area contributed by atoms with Crippen molar-refractivity contribution in [3.05, 3.63) is 63.6 Å². The fourth-order valence-electron chi connectivity index (χ4n) is 1.84. The third-order valence-electron chi connectivity index (χ3n) is 3.12. The molecule has 0 aliphatic rings. The van der Waals surface area contributed by atoms with Gasteiger partial charge in [0.1, 0.15) is 0 Å². The topological polar surface area (TPSA) is 94.3 Å².